The summed E-state index contributed by atoms with van der Waals surface area (Å²) in [4.78, 5) is 20.2. The Balaban J connectivity index is 1.80. The first-order chi connectivity index (χ1) is 11.2. The summed E-state index contributed by atoms with van der Waals surface area (Å²) in [5.74, 6) is 0.847. The van der Waals surface area contributed by atoms with Gasteiger partial charge in [-0.25, -0.2) is 4.98 Å². The van der Waals surface area contributed by atoms with Gasteiger partial charge in [0.2, 0.25) is 0 Å². The predicted octanol–water partition coefficient (Wildman–Crippen LogP) is 2.08. The smallest absolute Gasteiger partial charge is 0.250 e. The van der Waals surface area contributed by atoms with Crippen LogP contribution in [0.15, 0.2) is 36.7 Å². The first-order valence-corrected chi connectivity index (χ1v) is 7.77. The van der Waals surface area contributed by atoms with E-state index in [0.29, 0.717) is 17.2 Å². The highest BCUT2D eigenvalue weighted by atomic mass is 16.5. The van der Waals surface area contributed by atoms with Crippen molar-refractivity contribution in [3.8, 4) is 11.3 Å². The lowest BCUT2D eigenvalue weighted by Gasteiger charge is -2.22. The number of hydrogen-bond donors (Lipinski definition) is 2. The van der Waals surface area contributed by atoms with Gasteiger partial charge in [0.05, 0.1) is 11.3 Å². The first kappa shape index (κ1) is 15.4. The summed E-state index contributed by atoms with van der Waals surface area (Å²) in [7, 11) is 0. The second kappa shape index (κ2) is 7.19. The maximum atomic E-state index is 11.6. The second-order valence-corrected chi connectivity index (χ2v) is 5.63. The molecule has 1 aliphatic heterocycles. The Morgan fingerprint density at radius 2 is 1.96 bits per heavy atom. The van der Waals surface area contributed by atoms with E-state index in [-0.39, 0.29) is 0 Å². The van der Waals surface area contributed by atoms with Crippen LogP contribution in [0.3, 0.4) is 0 Å². The number of aromatic nitrogens is 2. The van der Waals surface area contributed by atoms with E-state index in [1.807, 2.05) is 12.1 Å². The summed E-state index contributed by atoms with van der Waals surface area (Å²) in [5, 5.41) is 3.36. The molecule has 23 heavy (non-hydrogen) atoms. The third kappa shape index (κ3) is 3.84. The molecule has 0 aromatic carbocycles. The number of ether oxygens (including phenoxy) is 1. The average Bonchev–Trinajstić information content (AvgIpc) is 2.61. The van der Waals surface area contributed by atoms with Gasteiger partial charge in [-0.1, -0.05) is 0 Å². The number of rotatable bonds is 5. The third-order valence-electron chi connectivity index (χ3n) is 4.03. The van der Waals surface area contributed by atoms with Crippen LogP contribution in [0.4, 0.5) is 5.82 Å². The van der Waals surface area contributed by atoms with Crippen molar-refractivity contribution in [1.82, 2.24) is 9.97 Å². The molecule has 0 aliphatic carbocycles. The van der Waals surface area contributed by atoms with Gasteiger partial charge in [0.1, 0.15) is 5.82 Å². The summed E-state index contributed by atoms with van der Waals surface area (Å²) in [5.41, 5.74) is 7.28. The molecule has 0 atom stereocenters. The largest absolute Gasteiger partial charge is 0.381 e. The minimum absolute atomic E-state index is 0.410. The lowest BCUT2D eigenvalue weighted by atomic mass is 10.0. The normalized spacial score (nSPS) is 15.3. The Morgan fingerprint density at radius 1 is 1.22 bits per heavy atom. The summed E-state index contributed by atoms with van der Waals surface area (Å²) in [6.07, 6.45) is 5.46. The molecule has 120 valence electrons. The van der Waals surface area contributed by atoms with Crippen molar-refractivity contribution >= 4 is 11.7 Å². The molecule has 0 radical (unpaired) electrons. The highest BCUT2D eigenvalue weighted by Gasteiger charge is 2.15. The number of anilines is 1. The Kier molecular flexibility index (Phi) is 4.83. The number of primary amides is 1. The Labute approximate surface area is 135 Å². The van der Waals surface area contributed by atoms with Gasteiger partial charge in [0.25, 0.3) is 5.91 Å². The molecule has 3 rings (SSSR count). The van der Waals surface area contributed by atoms with Crippen molar-refractivity contribution in [1.29, 1.82) is 0 Å². The lowest BCUT2D eigenvalue weighted by Crippen LogP contribution is -2.23. The van der Waals surface area contributed by atoms with E-state index in [2.05, 4.69) is 15.3 Å². The van der Waals surface area contributed by atoms with Gasteiger partial charge >= 0.3 is 0 Å². The van der Waals surface area contributed by atoms with Crippen LogP contribution in [0.25, 0.3) is 11.3 Å². The van der Waals surface area contributed by atoms with Crippen LogP contribution in [-0.2, 0) is 4.74 Å². The molecular formula is C17H20N4O2. The van der Waals surface area contributed by atoms with Crippen LogP contribution in [-0.4, -0.2) is 35.6 Å². The van der Waals surface area contributed by atoms with Crippen molar-refractivity contribution in [2.45, 2.75) is 12.8 Å². The zero-order valence-corrected chi connectivity index (χ0v) is 12.9. The fourth-order valence-electron chi connectivity index (χ4n) is 2.69. The highest BCUT2D eigenvalue weighted by Crippen LogP contribution is 2.23. The zero-order valence-electron chi connectivity index (χ0n) is 12.9. The monoisotopic (exact) mass is 312 g/mol. The van der Waals surface area contributed by atoms with Crippen molar-refractivity contribution in [3.05, 3.63) is 42.2 Å². The van der Waals surface area contributed by atoms with E-state index in [9.17, 15) is 4.79 Å². The van der Waals surface area contributed by atoms with Gasteiger partial charge < -0.3 is 15.8 Å². The molecule has 3 N–H and O–H groups in total. The van der Waals surface area contributed by atoms with Gasteiger partial charge in [0.15, 0.2) is 0 Å². The fourth-order valence-corrected chi connectivity index (χ4v) is 2.69. The van der Waals surface area contributed by atoms with E-state index in [0.717, 1.165) is 44.0 Å². The number of hydrogen-bond acceptors (Lipinski definition) is 5. The van der Waals surface area contributed by atoms with E-state index in [1.165, 1.54) is 0 Å². The van der Waals surface area contributed by atoms with Gasteiger partial charge in [-0.3, -0.25) is 9.78 Å². The third-order valence-corrected chi connectivity index (χ3v) is 4.03. The van der Waals surface area contributed by atoms with Gasteiger partial charge in [0, 0.05) is 37.7 Å². The number of carbonyl (C=O) groups is 1. The van der Waals surface area contributed by atoms with Crippen molar-refractivity contribution in [2.24, 2.45) is 11.7 Å². The second-order valence-electron chi connectivity index (χ2n) is 5.63. The highest BCUT2D eigenvalue weighted by molar-refractivity contribution is 5.99. The molecule has 6 heteroatoms. The molecule has 3 heterocycles. The number of carbonyl (C=O) groups excluding carboxylic acids is 1. The number of nitrogens with two attached hydrogens (primary N) is 1. The molecule has 1 fully saturated rings. The molecule has 0 bridgehead atoms. The van der Waals surface area contributed by atoms with E-state index < -0.39 is 5.91 Å². The minimum Gasteiger partial charge on any atom is -0.381 e. The van der Waals surface area contributed by atoms with Crippen LogP contribution in [0.2, 0.25) is 0 Å². The van der Waals surface area contributed by atoms with Crippen LogP contribution >= 0.6 is 0 Å². The Morgan fingerprint density at radius 3 is 2.65 bits per heavy atom. The van der Waals surface area contributed by atoms with Crippen molar-refractivity contribution in [3.63, 3.8) is 0 Å². The fraction of sp³-hybridized carbons (Fsp3) is 0.353. The van der Waals surface area contributed by atoms with Gasteiger partial charge in [-0.15, -0.1) is 0 Å². The maximum Gasteiger partial charge on any atom is 0.250 e. The molecule has 1 aliphatic rings. The summed E-state index contributed by atoms with van der Waals surface area (Å²) in [6, 6.07) is 7.15. The lowest BCUT2D eigenvalue weighted by molar-refractivity contribution is 0.0699. The average molecular weight is 312 g/mol. The number of amides is 1. The molecule has 1 saturated heterocycles. The van der Waals surface area contributed by atoms with Crippen LogP contribution in [0.1, 0.15) is 23.2 Å². The molecule has 2 aromatic rings. The number of nitrogens with zero attached hydrogens (tertiary/aromatic N) is 2. The molecule has 0 spiro atoms. The number of nitrogens with one attached hydrogen (secondary N) is 1. The van der Waals surface area contributed by atoms with Crippen LogP contribution < -0.4 is 11.1 Å². The van der Waals surface area contributed by atoms with E-state index >= 15 is 0 Å². The maximum absolute atomic E-state index is 11.6. The van der Waals surface area contributed by atoms with Crippen LogP contribution in [0, 0.1) is 5.92 Å². The molecule has 0 unspecified atom stereocenters. The molecule has 6 nitrogen and oxygen atoms in total. The molecule has 1 amide bonds. The van der Waals surface area contributed by atoms with Gasteiger partial charge in [-0.2, -0.15) is 0 Å². The first-order valence-electron chi connectivity index (χ1n) is 7.77. The topological polar surface area (TPSA) is 90.1 Å². The summed E-state index contributed by atoms with van der Waals surface area (Å²) in [6.45, 7) is 2.49. The van der Waals surface area contributed by atoms with Crippen LogP contribution in [0.5, 0.6) is 0 Å². The van der Waals surface area contributed by atoms with E-state index in [1.54, 1.807) is 24.5 Å². The molecule has 2 aromatic heterocycles. The van der Waals surface area contributed by atoms with E-state index in [4.69, 9.17) is 10.5 Å². The van der Waals surface area contributed by atoms with Crippen molar-refractivity contribution < 1.29 is 9.53 Å². The molecule has 0 saturated carbocycles. The zero-order chi connectivity index (χ0) is 16.1. The summed E-state index contributed by atoms with van der Waals surface area (Å²) >= 11 is 0. The number of pyridine rings is 2. The quantitative estimate of drug-likeness (QED) is 0.882. The predicted molar refractivity (Wildman–Crippen MR) is 88.0 cm³/mol. The molecular weight excluding hydrogens is 292 g/mol. The Hall–Kier alpha value is -2.47. The minimum atomic E-state index is -0.486. The van der Waals surface area contributed by atoms with Gasteiger partial charge in [-0.05, 0) is 43.0 Å². The van der Waals surface area contributed by atoms with Crippen molar-refractivity contribution in [2.75, 3.05) is 25.1 Å². The standard InChI is InChI=1S/C17H20N4O2/c18-17(22)14-1-2-15(20-11-12-5-9-23-10-6-12)21-16(14)13-3-7-19-8-4-13/h1-4,7-8,12H,5-6,9-11H2,(H2,18,22)(H,20,21). The summed E-state index contributed by atoms with van der Waals surface area (Å²) < 4.78 is 5.37. The SMILES string of the molecule is NC(=O)c1ccc(NCC2CCOCC2)nc1-c1ccncc1. The Bertz CT molecular complexity index is 670.